The van der Waals surface area contributed by atoms with E-state index in [9.17, 15) is 14.7 Å². The Morgan fingerprint density at radius 3 is 2.29 bits per heavy atom. The lowest BCUT2D eigenvalue weighted by molar-refractivity contribution is -0.230. The molecule has 0 aliphatic heterocycles. The van der Waals surface area contributed by atoms with Gasteiger partial charge in [0.1, 0.15) is 5.78 Å². The summed E-state index contributed by atoms with van der Waals surface area (Å²) in [4.78, 5) is 24.5. The fourth-order valence-electron chi connectivity index (χ4n) is 11.5. The summed E-state index contributed by atoms with van der Waals surface area (Å²) in [6, 6.07) is 0. The lowest BCUT2D eigenvalue weighted by Gasteiger charge is -2.72. The van der Waals surface area contributed by atoms with Gasteiger partial charge in [-0.2, -0.15) is 0 Å². The van der Waals surface area contributed by atoms with Crippen LogP contribution in [0.3, 0.4) is 0 Å². The predicted molar refractivity (Wildman–Crippen MR) is 141 cm³/mol. The van der Waals surface area contributed by atoms with E-state index in [4.69, 9.17) is 0 Å². The molecule has 0 amide bonds. The molecule has 0 radical (unpaired) electrons. The smallest absolute Gasteiger partial charge is 0.327 e. The predicted octanol–water partition coefficient (Wildman–Crippen LogP) is 7.85. The lowest BCUT2D eigenvalue weighted by Crippen LogP contribution is -2.66. The molecule has 194 valence electrons. The Hall–Kier alpha value is -1.38. The van der Waals surface area contributed by atoms with Crippen LogP contribution in [-0.2, 0) is 9.59 Å². The van der Waals surface area contributed by atoms with Gasteiger partial charge >= 0.3 is 5.97 Å². The largest absolute Gasteiger partial charge is 0.478 e. The molecule has 0 saturated heterocycles. The van der Waals surface area contributed by atoms with Gasteiger partial charge in [-0.05, 0) is 116 Å². The average molecular weight is 481 g/mol. The first kappa shape index (κ1) is 25.3. The van der Waals surface area contributed by atoms with Gasteiger partial charge in [0.2, 0.25) is 0 Å². The lowest BCUT2D eigenvalue weighted by atomic mass is 9.32. The highest BCUT2D eigenvalue weighted by Crippen LogP contribution is 2.77. The Kier molecular flexibility index (Phi) is 5.64. The van der Waals surface area contributed by atoms with Crippen molar-refractivity contribution in [3.05, 3.63) is 24.3 Å². The summed E-state index contributed by atoms with van der Waals surface area (Å²) in [5.74, 6) is 2.42. The van der Waals surface area contributed by atoms with Crippen molar-refractivity contribution in [3.8, 4) is 0 Å². The first-order valence-corrected chi connectivity index (χ1v) is 14.3. The van der Waals surface area contributed by atoms with E-state index in [1.165, 1.54) is 43.8 Å². The number of carboxylic acid groups (broad SMARTS) is 1. The van der Waals surface area contributed by atoms with Crippen LogP contribution in [0.4, 0.5) is 0 Å². The van der Waals surface area contributed by atoms with Crippen molar-refractivity contribution in [1.29, 1.82) is 0 Å². The topological polar surface area (TPSA) is 54.4 Å². The zero-order valence-electron chi connectivity index (χ0n) is 23.1. The third kappa shape index (κ3) is 3.21. The van der Waals surface area contributed by atoms with Crippen LogP contribution in [-0.4, -0.2) is 16.9 Å². The van der Waals surface area contributed by atoms with E-state index in [1.54, 1.807) is 0 Å². The van der Waals surface area contributed by atoms with Crippen LogP contribution in [0.15, 0.2) is 24.3 Å². The van der Waals surface area contributed by atoms with Gasteiger partial charge in [0, 0.05) is 17.9 Å². The van der Waals surface area contributed by atoms with E-state index < -0.39 is 5.97 Å². The highest BCUT2D eigenvalue weighted by molar-refractivity contribution is 5.85. The molecule has 0 aromatic rings. The fourth-order valence-corrected chi connectivity index (χ4v) is 11.5. The molecule has 5 saturated carbocycles. The summed E-state index contributed by atoms with van der Waals surface area (Å²) in [7, 11) is 0. The Labute approximate surface area is 213 Å². The van der Waals surface area contributed by atoms with Gasteiger partial charge in [-0.15, -0.1) is 0 Å². The zero-order valence-corrected chi connectivity index (χ0v) is 23.1. The number of hydrogen-bond donors (Lipinski definition) is 1. The van der Waals surface area contributed by atoms with E-state index in [0.29, 0.717) is 35.4 Å². The number of ketones is 1. The molecule has 0 aromatic heterocycles. The monoisotopic (exact) mass is 480 g/mol. The van der Waals surface area contributed by atoms with E-state index in [-0.39, 0.29) is 27.1 Å². The van der Waals surface area contributed by atoms with E-state index in [2.05, 4.69) is 54.2 Å². The molecule has 5 rings (SSSR count). The third-order valence-electron chi connectivity index (χ3n) is 13.4. The van der Waals surface area contributed by atoms with Crippen LogP contribution >= 0.6 is 0 Å². The molecule has 9 unspecified atom stereocenters. The molecule has 0 heterocycles. The Morgan fingerprint density at radius 2 is 1.63 bits per heavy atom. The molecule has 0 aromatic carbocycles. The summed E-state index contributed by atoms with van der Waals surface area (Å²) < 4.78 is 0. The number of carbonyl (C=O) groups excluding carboxylic acids is 1. The van der Waals surface area contributed by atoms with Gasteiger partial charge in [0.15, 0.2) is 0 Å². The van der Waals surface area contributed by atoms with Crippen molar-refractivity contribution in [2.24, 2.45) is 56.7 Å². The van der Waals surface area contributed by atoms with Crippen LogP contribution in [0.25, 0.3) is 0 Å². The van der Waals surface area contributed by atoms with E-state index >= 15 is 0 Å². The van der Waals surface area contributed by atoms with Crippen LogP contribution in [0.2, 0.25) is 0 Å². The molecule has 9 atom stereocenters. The molecular weight excluding hydrogens is 432 g/mol. The molecule has 0 spiro atoms. The second kappa shape index (κ2) is 7.81. The molecule has 5 aliphatic carbocycles. The van der Waals surface area contributed by atoms with Crippen LogP contribution in [0, 0.1) is 56.7 Å². The van der Waals surface area contributed by atoms with Crippen molar-refractivity contribution in [1.82, 2.24) is 0 Å². The number of aliphatic carboxylic acids is 1. The highest BCUT2D eigenvalue weighted by Gasteiger charge is 2.70. The molecule has 1 N–H and O–H groups in total. The summed E-state index contributed by atoms with van der Waals surface area (Å²) in [6.07, 6.45) is 14.8. The van der Waals surface area contributed by atoms with E-state index in [1.807, 2.05) is 0 Å². The minimum Gasteiger partial charge on any atom is -0.478 e. The van der Waals surface area contributed by atoms with Crippen molar-refractivity contribution in [2.75, 3.05) is 0 Å². The molecule has 3 heteroatoms. The number of Topliss-reactive ketones (excluding diaryl/α,β-unsaturated/α-hetero) is 1. The summed E-state index contributed by atoms with van der Waals surface area (Å²) in [5, 5.41) is 9.49. The Morgan fingerprint density at radius 1 is 0.914 bits per heavy atom. The number of carboxylic acids is 1. The maximum Gasteiger partial charge on any atom is 0.327 e. The third-order valence-corrected chi connectivity index (χ3v) is 13.4. The number of fused-ring (bicyclic) bond motifs is 7. The van der Waals surface area contributed by atoms with Crippen molar-refractivity contribution in [2.45, 2.75) is 106 Å². The Balaban J connectivity index is 1.56. The Bertz CT molecular complexity index is 975. The molecular formula is C32H48O3. The van der Waals surface area contributed by atoms with Crippen molar-refractivity contribution >= 4 is 11.8 Å². The number of hydrogen-bond acceptors (Lipinski definition) is 2. The van der Waals surface area contributed by atoms with Crippen LogP contribution < -0.4 is 0 Å². The first-order chi connectivity index (χ1) is 16.2. The SMILES string of the molecule is C=C(C)C1CCC2(C=CC(=O)O)CCC3(C)C(CCC4C5(C)CCC(=O)C(C)(C)C5CCC43C)C12. The second-order valence-electron chi connectivity index (χ2n) is 14.7. The zero-order chi connectivity index (χ0) is 25.6. The summed E-state index contributed by atoms with van der Waals surface area (Å²) >= 11 is 0. The standard InChI is InChI=1S/C32H48O3/c1-20(2)21-10-16-32(17-13-26(34)35)19-18-30(6)22(27(21)32)8-9-24-29(5)14-12-25(33)28(3,4)23(29)11-15-31(24,30)7/h13,17,21-24,27H,1,8-12,14-16,18-19H2,2-7H3,(H,34,35). The number of carbonyl (C=O) groups is 2. The van der Waals surface area contributed by atoms with E-state index in [0.717, 1.165) is 32.1 Å². The van der Waals surface area contributed by atoms with Gasteiger partial charge in [0.05, 0.1) is 0 Å². The van der Waals surface area contributed by atoms with Crippen LogP contribution in [0.5, 0.6) is 0 Å². The normalized spacial score (nSPS) is 50.7. The summed E-state index contributed by atoms with van der Waals surface area (Å²) in [6.45, 7) is 18.9. The minimum absolute atomic E-state index is 0.00966. The maximum atomic E-state index is 13.0. The van der Waals surface area contributed by atoms with Gasteiger partial charge in [0.25, 0.3) is 0 Å². The van der Waals surface area contributed by atoms with Crippen molar-refractivity contribution < 1.29 is 14.7 Å². The fraction of sp³-hybridized carbons (Fsp3) is 0.812. The number of rotatable bonds is 3. The first-order valence-electron chi connectivity index (χ1n) is 14.3. The molecule has 5 fully saturated rings. The quantitative estimate of drug-likeness (QED) is 0.330. The number of allylic oxidation sites excluding steroid dienone is 2. The van der Waals surface area contributed by atoms with Gasteiger partial charge in [-0.1, -0.05) is 52.8 Å². The minimum atomic E-state index is -0.818. The molecule has 0 bridgehead atoms. The van der Waals surface area contributed by atoms with Crippen LogP contribution in [0.1, 0.15) is 106 Å². The molecule has 5 aliphatic rings. The van der Waals surface area contributed by atoms with Gasteiger partial charge in [-0.3, -0.25) is 4.79 Å². The average Bonchev–Trinajstić information content (AvgIpc) is 3.16. The summed E-state index contributed by atoms with van der Waals surface area (Å²) in [5.41, 5.74) is 1.85. The second-order valence-corrected chi connectivity index (χ2v) is 14.7. The molecule has 3 nitrogen and oxygen atoms in total. The van der Waals surface area contributed by atoms with Crippen molar-refractivity contribution in [3.63, 3.8) is 0 Å². The van der Waals surface area contributed by atoms with Gasteiger partial charge in [-0.25, -0.2) is 4.79 Å². The highest BCUT2D eigenvalue weighted by atomic mass is 16.4. The molecule has 35 heavy (non-hydrogen) atoms. The van der Waals surface area contributed by atoms with Gasteiger partial charge < -0.3 is 5.11 Å². The maximum absolute atomic E-state index is 13.0.